The van der Waals surface area contributed by atoms with Crippen molar-refractivity contribution in [3.8, 4) is 0 Å². The van der Waals surface area contributed by atoms with Crippen LogP contribution in [-0.2, 0) is 19.1 Å². The zero-order valence-corrected chi connectivity index (χ0v) is 14.3. The van der Waals surface area contributed by atoms with Crippen LogP contribution in [0.4, 0.5) is 0 Å². The summed E-state index contributed by atoms with van der Waals surface area (Å²) in [5, 5.41) is 16.7. The Labute approximate surface area is 150 Å². The maximum atomic E-state index is 12.3. The minimum atomic E-state index is -1.28. The minimum absolute atomic E-state index is 0.245. The fraction of sp³-hybridized carbons (Fsp3) is 0.412. The number of rotatable bonds is 8. The van der Waals surface area contributed by atoms with Crippen molar-refractivity contribution < 1.29 is 29.0 Å². The van der Waals surface area contributed by atoms with Gasteiger partial charge in [-0.3, -0.25) is 19.2 Å². The van der Waals surface area contributed by atoms with E-state index in [0.717, 1.165) is 0 Å². The van der Waals surface area contributed by atoms with Crippen molar-refractivity contribution in [3.63, 3.8) is 0 Å². The number of nitrogens with one attached hydrogen (secondary N) is 3. The smallest absolute Gasteiger partial charge is 0.325 e. The van der Waals surface area contributed by atoms with Gasteiger partial charge in [0, 0.05) is 18.1 Å². The van der Waals surface area contributed by atoms with E-state index < -0.39 is 35.1 Å². The number of hydrogen-bond acceptors (Lipinski definition) is 6. The number of carbonyl (C=O) groups is 4. The van der Waals surface area contributed by atoms with Crippen LogP contribution in [-0.4, -0.2) is 61.1 Å². The topological polar surface area (TPSA) is 134 Å². The minimum Gasteiger partial charge on any atom is -0.468 e. The molecule has 4 N–H and O–H groups in total. The van der Waals surface area contributed by atoms with Crippen LogP contribution in [0, 0.1) is 5.92 Å². The molecule has 140 valence electrons. The highest BCUT2D eigenvalue weighted by Crippen LogP contribution is 2.43. The Balaban J connectivity index is 1.89. The summed E-state index contributed by atoms with van der Waals surface area (Å²) in [6.45, 7) is -0.948. The highest BCUT2D eigenvalue weighted by molar-refractivity contribution is 5.99. The summed E-state index contributed by atoms with van der Waals surface area (Å²) in [5.41, 5.74) is -0.873. The second kappa shape index (κ2) is 8.43. The van der Waals surface area contributed by atoms with Crippen molar-refractivity contribution in [2.75, 3.05) is 26.8 Å². The molecular formula is C17H21N3O6. The van der Waals surface area contributed by atoms with Crippen molar-refractivity contribution in [1.29, 1.82) is 0 Å². The Morgan fingerprint density at radius 3 is 2.42 bits per heavy atom. The monoisotopic (exact) mass is 363 g/mol. The van der Waals surface area contributed by atoms with E-state index in [-0.39, 0.29) is 26.1 Å². The van der Waals surface area contributed by atoms with Gasteiger partial charge in [0.1, 0.15) is 12.1 Å². The molecule has 0 spiro atoms. The molecule has 0 unspecified atom stereocenters. The van der Waals surface area contributed by atoms with Gasteiger partial charge in [0.05, 0.1) is 13.7 Å². The molecule has 1 aliphatic rings. The fourth-order valence-electron chi connectivity index (χ4n) is 2.57. The lowest BCUT2D eigenvalue weighted by atomic mass is 10.1. The summed E-state index contributed by atoms with van der Waals surface area (Å²) in [5.74, 6) is -2.65. The standard InChI is InChI=1S/C17H21N3O6/c1-26-14(23)9-19-16(25)17(7-12(17)10-21)20-13(22)8-18-15(24)11-5-3-2-4-6-11/h2-6,12,21H,7-10H2,1H3,(H,18,24)(H,19,25)(H,20,22)/t12-,17-/m1/s1. The lowest BCUT2D eigenvalue weighted by Crippen LogP contribution is -2.53. The fourth-order valence-corrected chi connectivity index (χ4v) is 2.57. The van der Waals surface area contributed by atoms with E-state index in [1.807, 2.05) is 0 Å². The zero-order valence-electron chi connectivity index (χ0n) is 14.3. The predicted molar refractivity (Wildman–Crippen MR) is 89.9 cm³/mol. The Morgan fingerprint density at radius 1 is 1.15 bits per heavy atom. The van der Waals surface area contributed by atoms with Crippen LogP contribution in [0.3, 0.4) is 0 Å². The van der Waals surface area contributed by atoms with Gasteiger partial charge in [-0.05, 0) is 18.6 Å². The first-order chi connectivity index (χ1) is 12.4. The highest BCUT2D eigenvalue weighted by Gasteiger charge is 2.60. The van der Waals surface area contributed by atoms with Crippen LogP contribution in [0.2, 0.25) is 0 Å². The van der Waals surface area contributed by atoms with Crippen molar-refractivity contribution >= 4 is 23.7 Å². The Hall–Kier alpha value is -2.94. The maximum Gasteiger partial charge on any atom is 0.325 e. The van der Waals surface area contributed by atoms with Crippen molar-refractivity contribution in [2.45, 2.75) is 12.0 Å². The zero-order chi connectivity index (χ0) is 19.2. The number of aliphatic hydroxyl groups excluding tert-OH is 1. The van der Waals surface area contributed by atoms with Gasteiger partial charge in [-0.15, -0.1) is 0 Å². The first kappa shape index (κ1) is 19.4. The average Bonchev–Trinajstić information content (AvgIpc) is 3.38. The van der Waals surface area contributed by atoms with Crippen LogP contribution < -0.4 is 16.0 Å². The lowest BCUT2D eigenvalue weighted by molar-refractivity contribution is -0.141. The first-order valence-electron chi connectivity index (χ1n) is 8.03. The number of esters is 1. The van der Waals surface area contributed by atoms with E-state index in [0.29, 0.717) is 5.56 Å². The van der Waals surface area contributed by atoms with E-state index >= 15 is 0 Å². The van der Waals surface area contributed by atoms with Crippen LogP contribution >= 0.6 is 0 Å². The van der Waals surface area contributed by atoms with Crippen LogP contribution in [0.5, 0.6) is 0 Å². The van der Waals surface area contributed by atoms with Gasteiger partial charge in [0.2, 0.25) is 11.8 Å². The SMILES string of the molecule is COC(=O)CNC(=O)[C@@]1(NC(=O)CNC(=O)c2ccccc2)C[C@@H]1CO. The molecule has 26 heavy (non-hydrogen) atoms. The molecule has 2 rings (SSSR count). The largest absolute Gasteiger partial charge is 0.468 e. The summed E-state index contributed by atoms with van der Waals surface area (Å²) < 4.78 is 4.44. The molecule has 9 heteroatoms. The van der Waals surface area contributed by atoms with Gasteiger partial charge in [0.25, 0.3) is 5.91 Å². The van der Waals surface area contributed by atoms with Gasteiger partial charge >= 0.3 is 5.97 Å². The number of methoxy groups -OCH3 is 1. The van der Waals surface area contributed by atoms with E-state index in [9.17, 15) is 24.3 Å². The Kier molecular flexibility index (Phi) is 6.29. The van der Waals surface area contributed by atoms with Crippen LogP contribution in [0.1, 0.15) is 16.8 Å². The molecule has 0 radical (unpaired) electrons. The van der Waals surface area contributed by atoms with Crippen LogP contribution in [0.15, 0.2) is 30.3 Å². The summed E-state index contributed by atoms with van der Waals surface area (Å²) >= 11 is 0. The third-order valence-electron chi connectivity index (χ3n) is 4.16. The molecule has 1 fully saturated rings. The summed E-state index contributed by atoms with van der Waals surface area (Å²) in [6.07, 6.45) is 0.245. The molecule has 1 aliphatic carbocycles. The van der Waals surface area contributed by atoms with Gasteiger partial charge in [-0.1, -0.05) is 18.2 Å². The normalized spacial score (nSPS) is 20.6. The molecule has 1 aromatic carbocycles. The first-order valence-corrected chi connectivity index (χ1v) is 8.03. The molecule has 3 amide bonds. The summed E-state index contributed by atoms with van der Waals surface area (Å²) in [6, 6.07) is 8.38. The summed E-state index contributed by atoms with van der Waals surface area (Å²) in [7, 11) is 1.19. The van der Waals surface area contributed by atoms with E-state index in [1.54, 1.807) is 30.3 Å². The molecular weight excluding hydrogens is 342 g/mol. The van der Waals surface area contributed by atoms with Gasteiger partial charge in [0.15, 0.2) is 0 Å². The molecule has 2 atom stereocenters. The number of carbonyl (C=O) groups excluding carboxylic acids is 4. The molecule has 0 saturated heterocycles. The third-order valence-corrected chi connectivity index (χ3v) is 4.16. The van der Waals surface area contributed by atoms with E-state index in [1.165, 1.54) is 7.11 Å². The van der Waals surface area contributed by atoms with Crippen LogP contribution in [0.25, 0.3) is 0 Å². The molecule has 9 nitrogen and oxygen atoms in total. The Morgan fingerprint density at radius 2 is 1.85 bits per heavy atom. The molecule has 0 heterocycles. The molecule has 1 saturated carbocycles. The number of benzene rings is 1. The predicted octanol–water partition coefficient (Wildman–Crippen LogP) is -1.43. The Bertz CT molecular complexity index is 693. The van der Waals surface area contributed by atoms with Crippen molar-refractivity contribution in [2.24, 2.45) is 5.92 Å². The van der Waals surface area contributed by atoms with Gasteiger partial charge in [-0.25, -0.2) is 0 Å². The molecule has 0 aliphatic heterocycles. The number of ether oxygens (including phenoxy) is 1. The van der Waals surface area contributed by atoms with Crippen molar-refractivity contribution in [3.05, 3.63) is 35.9 Å². The second-order valence-electron chi connectivity index (χ2n) is 5.91. The number of aliphatic hydroxyl groups is 1. The quantitative estimate of drug-likeness (QED) is 0.419. The number of amides is 3. The third kappa shape index (κ3) is 4.57. The maximum absolute atomic E-state index is 12.3. The second-order valence-corrected chi connectivity index (χ2v) is 5.91. The van der Waals surface area contributed by atoms with Crippen molar-refractivity contribution in [1.82, 2.24) is 16.0 Å². The van der Waals surface area contributed by atoms with Gasteiger partial charge < -0.3 is 25.8 Å². The highest BCUT2D eigenvalue weighted by atomic mass is 16.5. The average molecular weight is 363 g/mol. The molecule has 0 aromatic heterocycles. The van der Waals surface area contributed by atoms with E-state index in [4.69, 9.17) is 0 Å². The van der Waals surface area contributed by atoms with E-state index in [2.05, 4.69) is 20.7 Å². The lowest BCUT2D eigenvalue weighted by Gasteiger charge is -2.19. The molecule has 0 bridgehead atoms. The number of hydrogen-bond donors (Lipinski definition) is 4. The summed E-state index contributed by atoms with van der Waals surface area (Å²) in [4.78, 5) is 47.5. The van der Waals surface area contributed by atoms with Gasteiger partial charge in [-0.2, -0.15) is 0 Å². The molecule has 1 aromatic rings.